The number of nitrogens with zero attached hydrogens (tertiary/aromatic N) is 1. The molecule has 1 N–H and O–H groups in total. The number of hydrazone groups is 1. The van der Waals surface area contributed by atoms with Crippen LogP contribution in [0.25, 0.3) is 11.1 Å². The normalized spacial score (nSPS) is 10.9. The largest absolute Gasteiger partial charge is 0.276 e. The average Bonchev–Trinajstić information content (AvgIpc) is 2.58. The minimum atomic E-state index is -0.679. The van der Waals surface area contributed by atoms with E-state index >= 15 is 0 Å². The first-order chi connectivity index (χ1) is 11.2. The Balaban J connectivity index is 1.68. The molecule has 0 heterocycles. The van der Waals surface area contributed by atoms with Crippen molar-refractivity contribution in [3.05, 3.63) is 90.0 Å². The van der Waals surface area contributed by atoms with E-state index in [1.54, 1.807) is 6.21 Å². The van der Waals surface area contributed by atoms with Gasteiger partial charge in [0.1, 0.15) is 5.82 Å². The maximum atomic E-state index is 13.4. The Bertz CT molecular complexity index is 813. The van der Waals surface area contributed by atoms with Crippen LogP contribution in [0.5, 0.6) is 0 Å². The van der Waals surface area contributed by atoms with E-state index in [2.05, 4.69) is 10.5 Å². The quantitative estimate of drug-likeness (QED) is 0.527. The van der Waals surface area contributed by atoms with E-state index in [1.165, 1.54) is 12.1 Å². The van der Waals surface area contributed by atoms with Gasteiger partial charge in [0.15, 0.2) is 5.82 Å². The minimum absolute atomic E-state index is 0.128. The summed E-state index contributed by atoms with van der Waals surface area (Å²) in [5.41, 5.74) is 5.82. The molecule has 3 aromatic carbocycles. The van der Waals surface area contributed by atoms with Crippen molar-refractivity contribution in [3.63, 3.8) is 0 Å². The Hall–Kier alpha value is -3.01. The third kappa shape index (κ3) is 3.80. The highest BCUT2D eigenvalue weighted by atomic mass is 19.1. The standard InChI is InChI=1S/C19H14F2N2/c20-17-10-11-19(18(21)12-17)23-22-13-14-6-8-16(9-7-14)15-4-2-1-3-5-15/h1-13,23H/b22-13-. The number of anilines is 1. The number of halogens is 2. The Kier molecular flexibility index (Phi) is 4.43. The SMILES string of the molecule is Fc1ccc(N/N=C\c2ccc(-c3ccccc3)cc2)c(F)c1. The third-order valence-electron chi connectivity index (χ3n) is 3.35. The lowest BCUT2D eigenvalue weighted by atomic mass is 10.0. The lowest BCUT2D eigenvalue weighted by molar-refractivity contribution is 0.585. The minimum Gasteiger partial charge on any atom is -0.276 e. The molecule has 3 rings (SSSR count). The van der Waals surface area contributed by atoms with E-state index in [9.17, 15) is 8.78 Å². The first kappa shape index (κ1) is 14.9. The summed E-state index contributed by atoms with van der Waals surface area (Å²) in [5.74, 6) is -1.30. The molecule has 0 bridgehead atoms. The Morgan fingerprint density at radius 1 is 0.783 bits per heavy atom. The molecular formula is C19H14F2N2. The van der Waals surface area contributed by atoms with Crippen molar-refractivity contribution >= 4 is 11.9 Å². The topological polar surface area (TPSA) is 24.4 Å². The van der Waals surface area contributed by atoms with Crippen LogP contribution in [0.4, 0.5) is 14.5 Å². The number of hydrogen-bond acceptors (Lipinski definition) is 2. The van der Waals surface area contributed by atoms with Crippen molar-refractivity contribution in [3.8, 4) is 11.1 Å². The molecule has 23 heavy (non-hydrogen) atoms. The molecule has 0 spiro atoms. The molecule has 0 radical (unpaired) electrons. The zero-order valence-corrected chi connectivity index (χ0v) is 12.2. The lowest BCUT2D eigenvalue weighted by Crippen LogP contribution is -1.94. The number of rotatable bonds is 4. The second-order valence-corrected chi connectivity index (χ2v) is 4.98. The first-order valence-corrected chi connectivity index (χ1v) is 7.12. The molecular weight excluding hydrogens is 294 g/mol. The van der Waals surface area contributed by atoms with Crippen LogP contribution >= 0.6 is 0 Å². The Labute approximate surface area is 133 Å². The van der Waals surface area contributed by atoms with Crippen molar-refractivity contribution in [2.75, 3.05) is 5.43 Å². The molecule has 4 heteroatoms. The van der Waals surface area contributed by atoms with Crippen LogP contribution in [-0.2, 0) is 0 Å². The zero-order chi connectivity index (χ0) is 16.1. The number of nitrogens with one attached hydrogen (secondary N) is 1. The molecule has 0 atom stereocenters. The van der Waals surface area contributed by atoms with Gasteiger partial charge in [0.2, 0.25) is 0 Å². The van der Waals surface area contributed by atoms with Gasteiger partial charge in [-0.2, -0.15) is 5.10 Å². The van der Waals surface area contributed by atoms with Gasteiger partial charge in [-0.25, -0.2) is 8.78 Å². The van der Waals surface area contributed by atoms with E-state index in [-0.39, 0.29) is 5.69 Å². The van der Waals surface area contributed by atoms with Gasteiger partial charge in [-0.1, -0.05) is 54.6 Å². The van der Waals surface area contributed by atoms with Gasteiger partial charge in [-0.05, 0) is 28.8 Å². The van der Waals surface area contributed by atoms with Crippen LogP contribution in [0.2, 0.25) is 0 Å². The van der Waals surface area contributed by atoms with Gasteiger partial charge in [0.05, 0.1) is 11.9 Å². The van der Waals surface area contributed by atoms with Crippen molar-refractivity contribution in [1.29, 1.82) is 0 Å². The van der Waals surface area contributed by atoms with E-state index in [4.69, 9.17) is 0 Å². The maximum absolute atomic E-state index is 13.4. The van der Waals surface area contributed by atoms with Gasteiger partial charge >= 0.3 is 0 Å². The molecule has 0 saturated carbocycles. The van der Waals surface area contributed by atoms with Crippen LogP contribution in [0.15, 0.2) is 77.9 Å². The van der Waals surface area contributed by atoms with Crippen molar-refractivity contribution in [1.82, 2.24) is 0 Å². The molecule has 0 aromatic heterocycles. The van der Waals surface area contributed by atoms with E-state index in [0.717, 1.165) is 22.8 Å². The summed E-state index contributed by atoms with van der Waals surface area (Å²) in [4.78, 5) is 0. The second-order valence-electron chi connectivity index (χ2n) is 4.98. The van der Waals surface area contributed by atoms with Gasteiger partial charge in [0.25, 0.3) is 0 Å². The van der Waals surface area contributed by atoms with Crippen LogP contribution < -0.4 is 5.43 Å². The second kappa shape index (κ2) is 6.83. The van der Waals surface area contributed by atoms with E-state index < -0.39 is 11.6 Å². The van der Waals surface area contributed by atoms with Crippen molar-refractivity contribution in [2.45, 2.75) is 0 Å². The molecule has 0 fully saturated rings. The van der Waals surface area contributed by atoms with Crippen LogP contribution in [0.3, 0.4) is 0 Å². The number of hydrogen-bond donors (Lipinski definition) is 1. The molecule has 3 aromatic rings. The summed E-state index contributed by atoms with van der Waals surface area (Å²) < 4.78 is 26.2. The Morgan fingerprint density at radius 3 is 2.17 bits per heavy atom. The molecule has 0 aliphatic rings. The zero-order valence-electron chi connectivity index (χ0n) is 12.2. The molecule has 114 valence electrons. The fourth-order valence-corrected chi connectivity index (χ4v) is 2.15. The third-order valence-corrected chi connectivity index (χ3v) is 3.35. The highest BCUT2D eigenvalue weighted by Crippen LogP contribution is 2.19. The van der Waals surface area contributed by atoms with Crippen molar-refractivity contribution in [2.24, 2.45) is 5.10 Å². The summed E-state index contributed by atoms with van der Waals surface area (Å²) >= 11 is 0. The fourth-order valence-electron chi connectivity index (χ4n) is 2.15. The predicted octanol–water partition coefficient (Wildman–Crippen LogP) is 5.08. The highest BCUT2D eigenvalue weighted by molar-refractivity contribution is 5.81. The first-order valence-electron chi connectivity index (χ1n) is 7.12. The molecule has 0 amide bonds. The summed E-state index contributed by atoms with van der Waals surface area (Å²) in [6.07, 6.45) is 1.58. The molecule has 2 nitrogen and oxygen atoms in total. The molecule has 0 aliphatic carbocycles. The predicted molar refractivity (Wildman–Crippen MR) is 89.5 cm³/mol. The fraction of sp³-hybridized carbons (Fsp3) is 0. The van der Waals surface area contributed by atoms with Gasteiger partial charge < -0.3 is 0 Å². The smallest absolute Gasteiger partial charge is 0.151 e. The summed E-state index contributed by atoms with van der Waals surface area (Å²) in [7, 11) is 0. The van der Waals surface area contributed by atoms with Crippen molar-refractivity contribution < 1.29 is 8.78 Å². The lowest BCUT2D eigenvalue weighted by Gasteiger charge is -2.03. The van der Waals surface area contributed by atoms with Gasteiger partial charge in [0, 0.05) is 6.07 Å². The summed E-state index contributed by atoms with van der Waals surface area (Å²) in [6, 6.07) is 21.2. The molecule has 0 saturated heterocycles. The van der Waals surface area contributed by atoms with E-state index in [1.807, 2.05) is 54.6 Å². The van der Waals surface area contributed by atoms with Crippen LogP contribution in [0.1, 0.15) is 5.56 Å². The summed E-state index contributed by atoms with van der Waals surface area (Å²) in [6.45, 7) is 0. The summed E-state index contributed by atoms with van der Waals surface area (Å²) in [5, 5.41) is 3.97. The van der Waals surface area contributed by atoms with Crippen LogP contribution in [-0.4, -0.2) is 6.21 Å². The van der Waals surface area contributed by atoms with Crippen LogP contribution in [0, 0.1) is 11.6 Å². The molecule has 0 aliphatic heterocycles. The maximum Gasteiger partial charge on any atom is 0.151 e. The van der Waals surface area contributed by atoms with Gasteiger partial charge in [-0.15, -0.1) is 0 Å². The number of benzene rings is 3. The van der Waals surface area contributed by atoms with Gasteiger partial charge in [-0.3, -0.25) is 5.43 Å². The highest BCUT2D eigenvalue weighted by Gasteiger charge is 2.01. The monoisotopic (exact) mass is 308 g/mol. The molecule has 0 unspecified atom stereocenters. The Morgan fingerprint density at radius 2 is 1.48 bits per heavy atom. The van der Waals surface area contributed by atoms with E-state index in [0.29, 0.717) is 0 Å². The average molecular weight is 308 g/mol.